The number of anilines is 1. The molecule has 0 saturated heterocycles. The number of nitro benzene ring substituents is 1. The van der Waals surface area contributed by atoms with Crippen LogP contribution in [0.5, 0.6) is 11.5 Å². The highest BCUT2D eigenvalue weighted by Gasteiger charge is 2.12. The third-order valence-electron chi connectivity index (χ3n) is 3.03. The zero-order valence-corrected chi connectivity index (χ0v) is 12.6. The Bertz CT molecular complexity index is 802. The number of nitrogens with zero attached hydrogens (tertiary/aromatic N) is 2. The molecule has 0 bridgehead atoms. The first-order valence-electron chi connectivity index (χ1n) is 6.64. The van der Waals surface area contributed by atoms with Crippen molar-refractivity contribution in [2.45, 2.75) is 0 Å². The third-order valence-corrected chi connectivity index (χ3v) is 3.03. The topological polar surface area (TPSA) is 143 Å². The molecule has 9 heteroatoms. The van der Waals surface area contributed by atoms with Crippen molar-refractivity contribution in [3.8, 4) is 11.5 Å². The lowest BCUT2D eigenvalue weighted by atomic mass is 10.2. The van der Waals surface area contributed by atoms with Crippen molar-refractivity contribution in [3.05, 3.63) is 57.6 Å². The molecular weight excluding hydrogens is 316 g/mol. The molecule has 0 heterocycles. The van der Waals surface area contributed by atoms with Crippen LogP contribution in [0, 0.1) is 10.1 Å². The van der Waals surface area contributed by atoms with E-state index in [1.165, 1.54) is 31.5 Å². The van der Waals surface area contributed by atoms with Crippen molar-refractivity contribution in [3.63, 3.8) is 0 Å². The SMILES string of the molecule is COc1cc(C=NNC(=O)c2ccc(N)cc2)cc([N+](=O)[O-])c1[O-]. The molecule has 0 aliphatic rings. The van der Waals surface area contributed by atoms with Crippen LogP contribution in [0.1, 0.15) is 15.9 Å². The van der Waals surface area contributed by atoms with Gasteiger partial charge in [0.1, 0.15) is 5.75 Å². The van der Waals surface area contributed by atoms with E-state index < -0.39 is 22.3 Å². The Kier molecular flexibility index (Phi) is 4.95. The van der Waals surface area contributed by atoms with Gasteiger partial charge >= 0.3 is 0 Å². The number of hydrogen-bond acceptors (Lipinski definition) is 7. The van der Waals surface area contributed by atoms with E-state index in [1.54, 1.807) is 12.1 Å². The fourth-order valence-corrected chi connectivity index (χ4v) is 1.83. The van der Waals surface area contributed by atoms with E-state index in [0.29, 0.717) is 11.3 Å². The van der Waals surface area contributed by atoms with Crippen LogP contribution in [0.2, 0.25) is 0 Å². The second kappa shape index (κ2) is 7.09. The molecule has 0 fully saturated rings. The van der Waals surface area contributed by atoms with Gasteiger partial charge in [0.05, 0.1) is 18.2 Å². The number of ether oxygens (including phenoxy) is 1. The lowest BCUT2D eigenvalue weighted by molar-refractivity contribution is -0.398. The minimum Gasteiger partial charge on any atom is -0.865 e. The Morgan fingerprint density at radius 3 is 2.58 bits per heavy atom. The van der Waals surface area contributed by atoms with E-state index in [-0.39, 0.29) is 11.3 Å². The largest absolute Gasteiger partial charge is 0.865 e. The average molecular weight is 329 g/mol. The predicted molar refractivity (Wildman–Crippen MR) is 85.0 cm³/mol. The number of nitrogens with one attached hydrogen (secondary N) is 1. The van der Waals surface area contributed by atoms with Crippen molar-refractivity contribution in [1.82, 2.24) is 5.43 Å². The molecular formula is C15H13N4O5-. The van der Waals surface area contributed by atoms with Gasteiger partial charge in [-0.3, -0.25) is 14.9 Å². The van der Waals surface area contributed by atoms with Gasteiger partial charge in [0.15, 0.2) is 0 Å². The van der Waals surface area contributed by atoms with Crippen molar-refractivity contribution in [2.75, 3.05) is 12.8 Å². The first-order chi connectivity index (χ1) is 11.4. The fraction of sp³-hybridized carbons (Fsp3) is 0.0667. The van der Waals surface area contributed by atoms with Crippen molar-refractivity contribution in [2.24, 2.45) is 5.10 Å². The molecule has 124 valence electrons. The van der Waals surface area contributed by atoms with Crippen molar-refractivity contribution >= 4 is 23.5 Å². The molecule has 0 aliphatic heterocycles. The second-order valence-corrected chi connectivity index (χ2v) is 4.65. The highest BCUT2D eigenvalue weighted by molar-refractivity contribution is 5.95. The van der Waals surface area contributed by atoms with Crippen LogP contribution in [-0.2, 0) is 0 Å². The van der Waals surface area contributed by atoms with Crippen LogP contribution in [0.25, 0.3) is 0 Å². The second-order valence-electron chi connectivity index (χ2n) is 4.65. The Morgan fingerprint density at radius 2 is 2.00 bits per heavy atom. The number of rotatable bonds is 5. The lowest BCUT2D eigenvalue weighted by Crippen LogP contribution is -2.17. The van der Waals surface area contributed by atoms with E-state index in [0.717, 1.165) is 6.07 Å². The number of nitrogens with two attached hydrogens (primary N) is 1. The quantitative estimate of drug-likeness (QED) is 0.363. The summed E-state index contributed by atoms with van der Waals surface area (Å²) in [5, 5.41) is 26.3. The number of nitro groups is 1. The van der Waals surface area contributed by atoms with Gasteiger partial charge < -0.3 is 15.6 Å². The Labute approximate surface area is 136 Å². The molecule has 2 aromatic carbocycles. The number of methoxy groups -OCH3 is 1. The van der Waals surface area contributed by atoms with Crippen LogP contribution < -0.4 is 21.0 Å². The van der Waals surface area contributed by atoms with E-state index in [2.05, 4.69) is 10.5 Å². The molecule has 3 N–H and O–H groups in total. The van der Waals surface area contributed by atoms with Crippen LogP contribution in [-0.4, -0.2) is 24.2 Å². The number of nitrogen functional groups attached to an aromatic ring is 1. The molecule has 2 aromatic rings. The maximum Gasteiger partial charge on any atom is 0.271 e. The third kappa shape index (κ3) is 3.77. The van der Waals surface area contributed by atoms with Gasteiger partial charge in [-0.25, -0.2) is 5.43 Å². The summed E-state index contributed by atoms with van der Waals surface area (Å²) in [6.45, 7) is 0. The highest BCUT2D eigenvalue weighted by atomic mass is 16.6. The van der Waals surface area contributed by atoms with Crippen molar-refractivity contribution < 1.29 is 19.6 Å². The Morgan fingerprint density at radius 1 is 1.33 bits per heavy atom. The number of amides is 1. The maximum absolute atomic E-state index is 11.8. The monoisotopic (exact) mass is 329 g/mol. The molecule has 0 spiro atoms. The van der Waals surface area contributed by atoms with Crippen LogP contribution in [0.4, 0.5) is 11.4 Å². The molecule has 0 unspecified atom stereocenters. The average Bonchev–Trinajstić information content (AvgIpc) is 2.56. The Balaban J connectivity index is 2.16. The van der Waals surface area contributed by atoms with E-state index in [9.17, 15) is 20.0 Å². The maximum atomic E-state index is 11.8. The summed E-state index contributed by atoms with van der Waals surface area (Å²) in [5.74, 6) is -1.49. The summed E-state index contributed by atoms with van der Waals surface area (Å²) in [6, 6.07) is 8.53. The molecule has 0 atom stereocenters. The van der Waals surface area contributed by atoms with E-state index >= 15 is 0 Å². The summed E-state index contributed by atoms with van der Waals surface area (Å²) in [7, 11) is 1.23. The van der Waals surface area contributed by atoms with Gasteiger partial charge in [-0.15, -0.1) is 0 Å². The van der Waals surface area contributed by atoms with Gasteiger partial charge in [-0.2, -0.15) is 5.10 Å². The molecule has 0 aromatic heterocycles. The molecule has 0 aliphatic carbocycles. The van der Waals surface area contributed by atoms with E-state index in [1.807, 2.05) is 0 Å². The smallest absolute Gasteiger partial charge is 0.271 e. The van der Waals surface area contributed by atoms with Gasteiger partial charge in [0, 0.05) is 28.6 Å². The zero-order chi connectivity index (χ0) is 17.7. The van der Waals surface area contributed by atoms with Crippen molar-refractivity contribution in [1.29, 1.82) is 0 Å². The van der Waals surface area contributed by atoms with E-state index in [4.69, 9.17) is 10.5 Å². The molecule has 0 saturated carbocycles. The first kappa shape index (κ1) is 16.7. The number of benzene rings is 2. The van der Waals surface area contributed by atoms with Gasteiger partial charge in [-0.05, 0) is 30.3 Å². The number of hydrogen-bond donors (Lipinski definition) is 2. The number of carbonyl (C=O) groups is 1. The van der Waals surface area contributed by atoms with Gasteiger partial charge in [0.25, 0.3) is 11.6 Å². The van der Waals surface area contributed by atoms with Crippen LogP contribution >= 0.6 is 0 Å². The van der Waals surface area contributed by atoms with Gasteiger partial charge in [0.2, 0.25) is 0 Å². The predicted octanol–water partition coefficient (Wildman–Crippen LogP) is 1.02. The molecule has 1 amide bonds. The molecule has 24 heavy (non-hydrogen) atoms. The van der Waals surface area contributed by atoms with Crippen LogP contribution in [0.3, 0.4) is 0 Å². The lowest BCUT2D eigenvalue weighted by Gasteiger charge is -2.12. The minimum atomic E-state index is -0.828. The van der Waals surface area contributed by atoms with Crippen LogP contribution in [0.15, 0.2) is 41.5 Å². The highest BCUT2D eigenvalue weighted by Crippen LogP contribution is 2.33. The summed E-state index contributed by atoms with van der Waals surface area (Å²) < 4.78 is 4.81. The Hall–Kier alpha value is -3.62. The molecule has 0 radical (unpaired) electrons. The standard InChI is InChI=1S/C15H14N4O5/c1-24-13-7-9(6-12(14(13)20)19(22)23)8-17-18-15(21)10-2-4-11(16)5-3-10/h2-8,20H,16H2,1H3,(H,18,21)/p-1. The number of carbonyl (C=O) groups excluding carboxylic acids is 1. The molecule has 2 rings (SSSR count). The normalized spacial score (nSPS) is 10.5. The fourth-order valence-electron chi connectivity index (χ4n) is 1.83. The number of hydrazone groups is 1. The first-order valence-corrected chi connectivity index (χ1v) is 6.64. The zero-order valence-electron chi connectivity index (χ0n) is 12.6. The molecule has 9 nitrogen and oxygen atoms in total. The summed E-state index contributed by atoms with van der Waals surface area (Å²) >= 11 is 0. The summed E-state index contributed by atoms with van der Waals surface area (Å²) in [4.78, 5) is 21.9. The summed E-state index contributed by atoms with van der Waals surface area (Å²) in [6.07, 6.45) is 1.17. The van der Waals surface area contributed by atoms with Gasteiger partial charge in [-0.1, -0.05) is 0 Å². The summed E-state index contributed by atoms with van der Waals surface area (Å²) in [5.41, 5.74) is 8.26. The minimum absolute atomic E-state index is 0.185.